The fourth-order valence-corrected chi connectivity index (χ4v) is 4.04. The minimum Gasteiger partial charge on any atom is -0.459 e. The number of benzene rings is 1. The number of carbonyl (C=O) groups is 1. The Bertz CT molecular complexity index is 1090. The van der Waals surface area contributed by atoms with E-state index in [4.69, 9.17) is 21.0 Å². The molecule has 1 aromatic carbocycles. The van der Waals surface area contributed by atoms with Crippen LogP contribution >= 0.6 is 11.6 Å². The van der Waals surface area contributed by atoms with Crippen molar-refractivity contribution in [3.63, 3.8) is 0 Å². The van der Waals surface area contributed by atoms with Crippen molar-refractivity contribution < 1.29 is 9.21 Å². The maximum absolute atomic E-state index is 13.0. The van der Waals surface area contributed by atoms with Gasteiger partial charge in [-0.3, -0.25) is 19.1 Å². The van der Waals surface area contributed by atoms with Gasteiger partial charge in [0.25, 0.3) is 11.5 Å². The van der Waals surface area contributed by atoms with E-state index in [0.29, 0.717) is 54.4 Å². The van der Waals surface area contributed by atoms with Gasteiger partial charge in [-0.15, -0.1) is 0 Å². The monoisotopic (exact) mass is 414 g/mol. The van der Waals surface area contributed by atoms with Crippen molar-refractivity contribution in [2.45, 2.75) is 26.4 Å². The van der Waals surface area contributed by atoms with Crippen LogP contribution in [0.4, 0.5) is 0 Å². The Morgan fingerprint density at radius 3 is 2.66 bits per heavy atom. The van der Waals surface area contributed by atoms with Crippen molar-refractivity contribution in [2.24, 2.45) is 0 Å². The van der Waals surface area contributed by atoms with Gasteiger partial charge in [-0.2, -0.15) is 0 Å². The number of halogens is 1. The van der Waals surface area contributed by atoms with E-state index in [1.807, 2.05) is 6.92 Å². The lowest BCUT2D eigenvalue weighted by molar-refractivity contribution is 0.0543. The molecule has 8 heteroatoms. The highest BCUT2D eigenvalue weighted by Gasteiger charge is 2.28. The van der Waals surface area contributed by atoms with Crippen molar-refractivity contribution >= 4 is 28.4 Å². The van der Waals surface area contributed by atoms with E-state index in [9.17, 15) is 9.59 Å². The zero-order valence-corrected chi connectivity index (χ0v) is 17.2. The van der Waals surface area contributed by atoms with Gasteiger partial charge in [0.05, 0.1) is 23.2 Å². The summed E-state index contributed by atoms with van der Waals surface area (Å²) >= 11 is 6.06. The number of piperazine rings is 1. The van der Waals surface area contributed by atoms with Crippen LogP contribution in [0.15, 0.2) is 45.8 Å². The fraction of sp³-hybridized carbons (Fsp3) is 0.381. The Balaban J connectivity index is 1.56. The highest BCUT2D eigenvalue weighted by Crippen LogP contribution is 2.23. The smallest absolute Gasteiger partial charge is 0.289 e. The number of nitrogens with zero attached hydrogens (tertiary/aromatic N) is 4. The van der Waals surface area contributed by atoms with E-state index >= 15 is 0 Å². The summed E-state index contributed by atoms with van der Waals surface area (Å²) < 4.78 is 6.93. The van der Waals surface area contributed by atoms with Gasteiger partial charge in [0, 0.05) is 37.7 Å². The molecular formula is C21H23ClN4O3. The first kappa shape index (κ1) is 19.7. The molecule has 1 atom stereocenters. The predicted octanol–water partition coefficient (Wildman–Crippen LogP) is 3.18. The molecule has 1 aliphatic rings. The van der Waals surface area contributed by atoms with Crippen LogP contribution in [0, 0.1) is 0 Å². The van der Waals surface area contributed by atoms with Crippen LogP contribution in [0.5, 0.6) is 0 Å². The van der Waals surface area contributed by atoms with E-state index in [-0.39, 0.29) is 17.5 Å². The number of rotatable bonds is 4. The molecule has 0 N–H and O–H groups in total. The molecule has 0 aliphatic carbocycles. The summed E-state index contributed by atoms with van der Waals surface area (Å²) in [5.74, 6) is 1.01. The zero-order chi connectivity index (χ0) is 20.5. The Hall–Kier alpha value is -2.64. The van der Waals surface area contributed by atoms with Gasteiger partial charge < -0.3 is 9.32 Å². The zero-order valence-electron chi connectivity index (χ0n) is 16.5. The number of furan rings is 1. The van der Waals surface area contributed by atoms with Crippen molar-refractivity contribution in [1.82, 2.24) is 19.4 Å². The molecule has 3 heterocycles. The molecule has 0 radical (unpaired) electrons. The first-order valence-corrected chi connectivity index (χ1v) is 10.1. The van der Waals surface area contributed by atoms with Crippen LogP contribution in [-0.2, 0) is 6.54 Å². The standard InChI is InChI=1S/C21H23ClN4O3/c1-3-26-19(23-17-7-6-15(22)13-16(17)20(26)27)14(2)24-8-10-25(11-9-24)21(28)18-5-4-12-29-18/h4-7,12-14H,3,8-11H2,1-2H3. The second-order valence-electron chi connectivity index (χ2n) is 7.16. The third kappa shape index (κ3) is 3.68. The third-order valence-electron chi connectivity index (χ3n) is 5.52. The molecule has 1 fully saturated rings. The normalized spacial score (nSPS) is 16.3. The molecule has 0 saturated carbocycles. The SMILES string of the molecule is CCn1c(C(C)N2CCN(C(=O)c3ccco3)CC2)nc2ccc(Cl)cc2c1=O. The summed E-state index contributed by atoms with van der Waals surface area (Å²) in [5, 5.41) is 1.06. The number of carbonyl (C=O) groups excluding carboxylic acids is 1. The molecule has 0 spiro atoms. The molecule has 1 saturated heterocycles. The topological polar surface area (TPSA) is 71.6 Å². The quantitative estimate of drug-likeness (QED) is 0.655. The number of fused-ring (bicyclic) bond motifs is 1. The largest absolute Gasteiger partial charge is 0.459 e. The summed E-state index contributed by atoms with van der Waals surface area (Å²) in [6.45, 7) is 7.13. The fourth-order valence-electron chi connectivity index (χ4n) is 3.87. The van der Waals surface area contributed by atoms with Gasteiger partial charge in [0.2, 0.25) is 0 Å². The van der Waals surface area contributed by atoms with E-state index in [0.717, 1.165) is 5.82 Å². The van der Waals surface area contributed by atoms with Crippen LogP contribution in [-0.4, -0.2) is 51.4 Å². The van der Waals surface area contributed by atoms with Crippen LogP contribution in [0.1, 0.15) is 36.3 Å². The summed E-state index contributed by atoms with van der Waals surface area (Å²) in [4.78, 5) is 34.3. The lowest BCUT2D eigenvalue weighted by Crippen LogP contribution is -2.49. The summed E-state index contributed by atoms with van der Waals surface area (Å²) in [6.07, 6.45) is 1.51. The Morgan fingerprint density at radius 1 is 1.24 bits per heavy atom. The summed E-state index contributed by atoms with van der Waals surface area (Å²) in [5.41, 5.74) is 0.575. The predicted molar refractivity (Wildman–Crippen MR) is 111 cm³/mol. The van der Waals surface area contributed by atoms with Gasteiger partial charge in [-0.1, -0.05) is 11.6 Å². The van der Waals surface area contributed by atoms with Crippen LogP contribution in [0.25, 0.3) is 10.9 Å². The molecule has 1 unspecified atom stereocenters. The Kier molecular flexibility index (Phi) is 5.43. The molecule has 1 amide bonds. The van der Waals surface area contributed by atoms with Crippen LogP contribution in [0.2, 0.25) is 5.02 Å². The molecule has 7 nitrogen and oxygen atoms in total. The molecule has 152 valence electrons. The second kappa shape index (κ2) is 8.00. The van der Waals surface area contributed by atoms with Crippen molar-refractivity contribution in [1.29, 1.82) is 0 Å². The molecule has 1 aliphatic heterocycles. The van der Waals surface area contributed by atoms with E-state index in [2.05, 4.69) is 11.8 Å². The van der Waals surface area contributed by atoms with Gasteiger partial charge >= 0.3 is 0 Å². The second-order valence-corrected chi connectivity index (χ2v) is 7.60. The van der Waals surface area contributed by atoms with Crippen molar-refractivity contribution in [2.75, 3.05) is 26.2 Å². The van der Waals surface area contributed by atoms with Gasteiger partial charge in [-0.05, 0) is 44.2 Å². The lowest BCUT2D eigenvalue weighted by atomic mass is 10.1. The van der Waals surface area contributed by atoms with E-state index in [1.54, 1.807) is 39.8 Å². The number of hydrogen-bond donors (Lipinski definition) is 0. The van der Waals surface area contributed by atoms with E-state index in [1.165, 1.54) is 6.26 Å². The molecule has 29 heavy (non-hydrogen) atoms. The van der Waals surface area contributed by atoms with E-state index < -0.39 is 0 Å². The highest BCUT2D eigenvalue weighted by molar-refractivity contribution is 6.31. The minimum atomic E-state index is -0.0894. The van der Waals surface area contributed by atoms with Gasteiger partial charge in [0.15, 0.2) is 5.76 Å². The number of aromatic nitrogens is 2. The molecule has 2 aromatic heterocycles. The van der Waals surface area contributed by atoms with Crippen molar-refractivity contribution in [3.05, 3.63) is 63.6 Å². The summed E-state index contributed by atoms with van der Waals surface area (Å²) in [7, 11) is 0. The average molecular weight is 415 g/mol. The minimum absolute atomic E-state index is 0.0522. The molecule has 4 rings (SSSR count). The first-order valence-electron chi connectivity index (χ1n) is 9.76. The maximum Gasteiger partial charge on any atom is 0.289 e. The van der Waals surface area contributed by atoms with Gasteiger partial charge in [0.1, 0.15) is 5.82 Å². The maximum atomic E-state index is 13.0. The summed E-state index contributed by atoms with van der Waals surface area (Å²) in [6, 6.07) is 8.56. The van der Waals surface area contributed by atoms with Crippen LogP contribution < -0.4 is 5.56 Å². The molecule has 0 bridgehead atoms. The Morgan fingerprint density at radius 2 is 2.00 bits per heavy atom. The number of amides is 1. The van der Waals surface area contributed by atoms with Crippen LogP contribution in [0.3, 0.4) is 0 Å². The Labute approximate surface area is 173 Å². The number of hydrogen-bond acceptors (Lipinski definition) is 5. The average Bonchev–Trinajstić information content (AvgIpc) is 3.28. The highest BCUT2D eigenvalue weighted by atomic mass is 35.5. The first-order chi connectivity index (χ1) is 14.0. The third-order valence-corrected chi connectivity index (χ3v) is 5.75. The van der Waals surface area contributed by atoms with Gasteiger partial charge in [-0.25, -0.2) is 4.98 Å². The van der Waals surface area contributed by atoms with Crippen molar-refractivity contribution in [3.8, 4) is 0 Å². The molecular weight excluding hydrogens is 392 g/mol. The lowest BCUT2D eigenvalue weighted by Gasteiger charge is -2.37. The molecule has 3 aromatic rings.